The van der Waals surface area contributed by atoms with Crippen LogP contribution in [0.15, 0.2) is 66.1 Å². The van der Waals surface area contributed by atoms with Crippen LogP contribution in [0.1, 0.15) is 10.4 Å². The number of sulfonamides is 1. The molecule has 2 aromatic carbocycles. The molecule has 1 aromatic heterocycles. The zero-order chi connectivity index (χ0) is 19.3. The monoisotopic (exact) mass is 381 g/mol. The number of amides is 1. The van der Waals surface area contributed by atoms with Crippen molar-refractivity contribution < 1.29 is 13.2 Å². The summed E-state index contributed by atoms with van der Waals surface area (Å²) in [5, 5.41) is 6.74. The van der Waals surface area contributed by atoms with Crippen LogP contribution in [0.25, 0.3) is 5.69 Å². The number of benzene rings is 2. The first-order chi connectivity index (χ1) is 13.0. The Balaban J connectivity index is 1.75. The third kappa shape index (κ3) is 4.38. The van der Waals surface area contributed by atoms with Crippen LogP contribution in [0, 0.1) is 12.3 Å². The Morgan fingerprint density at radius 1 is 1.19 bits per heavy atom. The first-order valence-electron chi connectivity index (χ1n) is 7.79. The smallest absolute Gasteiger partial charge is 0.255 e. The van der Waals surface area contributed by atoms with Crippen molar-refractivity contribution in [3.63, 3.8) is 0 Å². The predicted octanol–water partition coefficient (Wildman–Crippen LogP) is 1.43. The molecular weight excluding hydrogens is 366 g/mol. The van der Waals surface area contributed by atoms with E-state index >= 15 is 0 Å². The molecule has 136 valence electrons. The number of aromatic nitrogens is 3. The lowest BCUT2D eigenvalue weighted by molar-refractivity contribution is 0.102. The van der Waals surface area contributed by atoms with Crippen molar-refractivity contribution in [1.29, 1.82) is 0 Å². The first kappa shape index (κ1) is 18.3. The van der Waals surface area contributed by atoms with E-state index in [1.54, 1.807) is 35.3 Å². The number of anilines is 1. The second kappa shape index (κ2) is 7.82. The number of hydrogen-bond acceptors (Lipinski definition) is 5. The minimum atomic E-state index is -3.77. The van der Waals surface area contributed by atoms with Crippen LogP contribution in [0.2, 0.25) is 0 Å². The van der Waals surface area contributed by atoms with Gasteiger partial charge in [0.1, 0.15) is 12.7 Å². The first-order valence-corrected chi connectivity index (χ1v) is 9.27. The Bertz CT molecular complexity index is 1080. The summed E-state index contributed by atoms with van der Waals surface area (Å²) in [6, 6.07) is 12.7. The number of carbonyl (C=O) groups is 1. The molecule has 0 aliphatic heterocycles. The summed E-state index contributed by atoms with van der Waals surface area (Å²) in [5.41, 5.74) is 1.56. The molecule has 3 aromatic rings. The highest BCUT2D eigenvalue weighted by atomic mass is 32.2. The van der Waals surface area contributed by atoms with Crippen molar-refractivity contribution in [2.45, 2.75) is 4.90 Å². The Kier molecular flexibility index (Phi) is 5.30. The lowest BCUT2D eigenvalue weighted by atomic mass is 10.2. The Morgan fingerprint density at radius 3 is 2.63 bits per heavy atom. The van der Waals surface area contributed by atoms with Gasteiger partial charge in [-0.2, -0.15) is 9.82 Å². The number of nitrogens with zero attached hydrogens (tertiary/aromatic N) is 3. The molecule has 2 N–H and O–H groups in total. The van der Waals surface area contributed by atoms with E-state index in [0.717, 1.165) is 5.69 Å². The predicted molar refractivity (Wildman–Crippen MR) is 99.8 cm³/mol. The Labute approximate surface area is 156 Å². The molecule has 8 nitrogen and oxygen atoms in total. The summed E-state index contributed by atoms with van der Waals surface area (Å²) in [6.45, 7) is -0.128. The van der Waals surface area contributed by atoms with E-state index < -0.39 is 15.9 Å². The van der Waals surface area contributed by atoms with Gasteiger partial charge in [-0.05, 0) is 42.5 Å². The molecule has 0 saturated heterocycles. The summed E-state index contributed by atoms with van der Waals surface area (Å²) in [4.78, 5) is 16.3. The number of rotatable bonds is 6. The highest BCUT2D eigenvalue weighted by Gasteiger charge is 2.15. The number of carbonyl (C=O) groups excluding carboxylic acids is 1. The van der Waals surface area contributed by atoms with Crippen molar-refractivity contribution in [2.75, 3.05) is 11.9 Å². The molecule has 0 atom stereocenters. The van der Waals surface area contributed by atoms with Gasteiger partial charge in [-0.3, -0.25) is 4.79 Å². The van der Waals surface area contributed by atoms with E-state index in [1.165, 1.54) is 30.6 Å². The molecule has 0 unspecified atom stereocenters. The quantitative estimate of drug-likeness (QED) is 0.629. The van der Waals surface area contributed by atoms with Gasteiger partial charge in [0.05, 0.1) is 17.1 Å². The van der Waals surface area contributed by atoms with Crippen molar-refractivity contribution >= 4 is 21.6 Å². The van der Waals surface area contributed by atoms with Crippen LogP contribution in [-0.2, 0) is 10.0 Å². The number of hydrogen-bond donors (Lipinski definition) is 2. The fourth-order valence-corrected chi connectivity index (χ4v) is 3.25. The van der Waals surface area contributed by atoms with E-state index in [0.29, 0.717) is 5.69 Å². The average molecular weight is 381 g/mol. The van der Waals surface area contributed by atoms with E-state index in [2.05, 4.69) is 26.0 Å². The summed E-state index contributed by atoms with van der Waals surface area (Å²) >= 11 is 0. The molecule has 0 spiro atoms. The zero-order valence-electron chi connectivity index (χ0n) is 14.0. The normalized spacial score (nSPS) is 10.9. The largest absolute Gasteiger partial charge is 0.322 e. The van der Waals surface area contributed by atoms with E-state index in [9.17, 15) is 13.2 Å². The van der Waals surface area contributed by atoms with Crippen molar-refractivity contribution in [3.05, 3.63) is 66.7 Å². The van der Waals surface area contributed by atoms with Crippen LogP contribution in [0.5, 0.6) is 0 Å². The van der Waals surface area contributed by atoms with Crippen molar-refractivity contribution in [3.8, 4) is 18.0 Å². The lowest BCUT2D eigenvalue weighted by Gasteiger charge is -2.09. The molecular formula is C18H15N5O3S. The van der Waals surface area contributed by atoms with Gasteiger partial charge in [0.2, 0.25) is 10.0 Å². The van der Waals surface area contributed by atoms with Gasteiger partial charge in [0, 0.05) is 11.3 Å². The molecule has 27 heavy (non-hydrogen) atoms. The Morgan fingerprint density at radius 2 is 1.96 bits per heavy atom. The standard InChI is InChI=1S/C18H15N5O3S/c1-2-10-21-27(25,26)17-5-3-4-14(11-17)18(24)22-15-6-8-16(9-7-15)23-13-19-12-20-23/h1,3-9,11-13,21H,10H2,(H,22,24). The second-order valence-electron chi connectivity index (χ2n) is 5.40. The molecule has 9 heteroatoms. The van der Waals surface area contributed by atoms with Crippen molar-refractivity contribution in [2.24, 2.45) is 0 Å². The van der Waals surface area contributed by atoms with Gasteiger partial charge in [-0.25, -0.2) is 18.1 Å². The van der Waals surface area contributed by atoms with Gasteiger partial charge in [0.25, 0.3) is 5.91 Å². The molecule has 1 heterocycles. The minimum Gasteiger partial charge on any atom is -0.322 e. The lowest BCUT2D eigenvalue weighted by Crippen LogP contribution is -2.24. The zero-order valence-corrected chi connectivity index (χ0v) is 14.8. The maximum absolute atomic E-state index is 12.4. The fourth-order valence-electron chi connectivity index (χ4n) is 2.27. The minimum absolute atomic E-state index is 0.0352. The number of nitrogens with one attached hydrogen (secondary N) is 2. The number of terminal acetylenes is 1. The molecule has 0 bridgehead atoms. The third-order valence-corrected chi connectivity index (χ3v) is 4.98. The summed E-state index contributed by atoms with van der Waals surface area (Å²) in [5.74, 6) is 1.77. The summed E-state index contributed by atoms with van der Waals surface area (Å²) in [6.07, 6.45) is 8.06. The van der Waals surface area contributed by atoms with Crippen LogP contribution in [-0.4, -0.2) is 35.6 Å². The van der Waals surface area contributed by atoms with Gasteiger partial charge in [-0.15, -0.1) is 6.42 Å². The van der Waals surface area contributed by atoms with Crippen LogP contribution in [0.4, 0.5) is 5.69 Å². The van der Waals surface area contributed by atoms with E-state index in [-0.39, 0.29) is 17.0 Å². The van der Waals surface area contributed by atoms with Crippen LogP contribution < -0.4 is 10.0 Å². The van der Waals surface area contributed by atoms with Crippen molar-refractivity contribution in [1.82, 2.24) is 19.5 Å². The fraction of sp³-hybridized carbons (Fsp3) is 0.0556. The highest BCUT2D eigenvalue weighted by Crippen LogP contribution is 2.16. The molecule has 3 rings (SSSR count). The maximum atomic E-state index is 12.4. The molecule has 0 aliphatic rings. The second-order valence-corrected chi connectivity index (χ2v) is 7.16. The molecule has 0 radical (unpaired) electrons. The maximum Gasteiger partial charge on any atom is 0.255 e. The van der Waals surface area contributed by atoms with Gasteiger partial charge in [-0.1, -0.05) is 12.0 Å². The van der Waals surface area contributed by atoms with E-state index in [1.807, 2.05) is 0 Å². The molecule has 0 saturated carbocycles. The Hall–Kier alpha value is -3.48. The van der Waals surface area contributed by atoms with Crippen LogP contribution in [0.3, 0.4) is 0 Å². The third-order valence-electron chi connectivity index (χ3n) is 3.58. The molecule has 0 fully saturated rings. The average Bonchev–Trinajstić information content (AvgIpc) is 3.22. The topological polar surface area (TPSA) is 106 Å². The SMILES string of the molecule is C#CCNS(=O)(=O)c1cccc(C(=O)Nc2ccc(-n3cncn3)cc2)c1. The van der Waals surface area contributed by atoms with Gasteiger partial charge < -0.3 is 5.32 Å². The highest BCUT2D eigenvalue weighted by molar-refractivity contribution is 7.89. The molecule has 1 amide bonds. The summed E-state index contributed by atoms with van der Waals surface area (Å²) in [7, 11) is -3.77. The summed E-state index contributed by atoms with van der Waals surface area (Å²) < 4.78 is 28.1. The van der Waals surface area contributed by atoms with E-state index in [4.69, 9.17) is 6.42 Å². The van der Waals surface area contributed by atoms with Gasteiger partial charge >= 0.3 is 0 Å². The molecule has 0 aliphatic carbocycles. The van der Waals surface area contributed by atoms with Crippen LogP contribution >= 0.6 is 0 Å². The van der Waals surface area contributed by atoms with Gasteiger partial charge in [0.15, 0.2) is 0 Å².